The number of likely N-dealkylation sites (tertiary alicyclic amines) is 1. The van der Waals surface area contributed by atoms with Crippen LogP contribution >= 0.6 is 35.0 Å². The van der Waals surface area contributed by atoms with E-state index in [9.17, 15) is 9.18 Å². The Hall–Kier alpha value is -2.13. The van der Waals surface area contributed by atoms with E-state index in [1.54, 1.807) is 36.0 Å². The number of benzene rings is 2. The Balaban J connectivity index is 1.15. The lowest BCUT2D eigenvalue weighted by Gasteiger charge is -2.30. The number of nitrogens with zero attached hydrogens (tertiary/aromatic N) is 3. The van der Waals surface area contributed by atoms with Crippen molar-refractivity contribution in [1.82, 2.24) is 20.4 Å². The number of amides is 1. The fourth-order valence-corrected chi connectivity index (χ4v) is 5.14. The van der Waals surface area contributed by atoms with Crippen LogP contribution in [0.3, 0.4) is 0 Å². The van der Waals surface area contributed by atoms with Gasteiger partial charge in [-0.15, -0.1) is 0 Å². The Bertz CT molecular complexity index is 1080. The molecule has 0 saturated carbocycles. The van der Waals surface area contributed by atoms with Crippen LogP contribution in [0.25, 0.3) is 11.4 Å². The molecule has 1 aliphatic heterocycles. The van der Waals surface area contributed by atoms with Gasteiger partial charge < -0.3 is 9.84 Å². The molecule has 10 heteroatoms. The quantitative estimate of drug-likeness (QED) is 0.377. The third-order valence-electron chi connectivity index (χ3n) is 5.74. The van der Waals surface area contributed by atoms with Crippen LogP contribution in [-0.2, 0) is 17.1 Å². The average Bonchev–Trinajstić information content (AvgIpc) is 3.30. The largest absolute Gasteiger partial charge is 0.355 e. The van der Waals surface area contributed by atoms with Gasteiger partial charge in [-0.05, 0) is 62.3 Å². The summed E-state index contributed by atoms with van der Waals surface area (Å²) >= 11 is 13.5. The highest BCUT2D eigenvalue weighted by atomic mass is 35.5. The number of hydrogen-bond acceptors (Lipinski definition) is 6. The van der Waals surface area contributed by atoms with E-state index in [0.717, 1.165) is 31.5 Å². The van der Waals surface area contributed by atoms with E-state index in [1.807, 2.05) is 12.1 Å². The summed E-state index contributed by atoms with van der Waals surface area (Å²) in [5, 5.41) is 8.15. The number of halogens is 3. The Morgan fingerprint density at radius 3 is 2.68 bits per heavy atom. The van der Waals surface area contributed by atoms with E-state index in [1.165, 1.54) is 6.07 Å². The van der Waals surface area contributed by atoms with Gasteiger partial charge in [-0.25, -0.2) is 4.39 Å². The van der Waals surface area contributed by atoms with Crippen LogP contribution in [0.5, 0.6) is 0 Å². The summed E-state index contributed by atoms with van der Waals surface area (Å²) in [6.07, 6.45) is 1.56. The molecule has 0 spiro atoms. The predicted octanol–water partition coefficient (Wildman–Crippen LogP) is 5.44. The van der Waals surface area contributed by atoms with Gasteiger partial charge in [0.05, 0.1) is 6.54 Å². The molecule has 1 fully saturated rings. The zero-order valence-electron chi connectivity index (χ0n) is 18.5. The van der Waals surface area contributed by atoms with Crippen molar-refractivity contribution < 1.29 is 13.7 Å². The molecule has 34 heavy (non-hydrogen) atoms. The number of rotatable bonds is 9. The maximum atomic E-state index is 13.8. The monoisotopic (exact) mass is 522 g/mol. The number of carbonyl (C=O) groups is 1. The third-order valence-corrected chi connectivity index (χ3v) is 7.33. The smallest absolute Gasteiger partial charge is 0.241 e. The summed E-state index contributed by atoms with van der Waals surface area (Å²) in [6.45, 7) is 2.68. The van der Waals surface area contributed by atoms with Crippen molar-refractivity contribution in [3.8, 4) is 11.4 Å². The second-order valence-electron chi connectivity index (χ2n) is 8.11. The molecule has 1 aromatic heterocycles. The number of piperidine rings is 1. The number of aromatic nitrogens is 2. The molecule has 2 aromatic carbocycles. The van der Waals surface area contributed by atoms with E-state index in [2.05, 4.69) is 20.4 Å². The van der Waals surface area contributed by atoms with Gasteiger partial charge in [-0.3, -0.25) is 9.69 Å². The van der Waals surface area contributed by atoms with Crippen LogP contribution < -0.4 is 5.32 Å². The lowest BCUT2D eigenvalue weighted by molar-refractivity contribution is -0.126. The molecule has 0 aliphatic carbocycles. The van der Waals surface area contributed by atoms with E-state index in [4.69, 9.17) is 27.7 Å². The molecule has 0 atom stereocenters. The molecule has 0 unspecified atom stereocenters. The maximum absolute atomic E-state index is 13.8. The zero-order valence-corrected chi connectivity index (χ0v) is 20.8. The number of nitrogens with one attached hydrogen (secondary N) is 1. The SMILES string of the molecule is O=C(NCCSCc1c(F)cccc1Cl)C1CCN(Cc2nc(-c3ccc(Cl)cc3)no2)CC1. The van der Waals surface area contributed by atoms with Crippen molar-refractivity contribution in [2.24, 2.45) is 5.92 Å². The number of hydrogen-bond donors (Lipinski definition) is 1. The highest BCUT2D eigenvalue weighted by Gasteiger charge is 2.25. The van der Waals surface area contributed by atoms with E-state index in [-0.39, 0.29) is 17.6 Å². The van der Waals surface area contributed by atoms with Gasteiger partial charge in [0.15, 0.2) is 0 Å². The van der Waals surface area contributed by atoms with Crippen molar-refractivity contribution in [2.75, 3.05) is 25.4 Å². The highest BCUT2D eigenvalue weighted by molar-refractivity contribution is 7.98. The molecule has 180 valence electrons. The standard InChI is InChI=1S/C24H25Cl2FN4O2S/c25-18-6-4-16(5-7-18)23-29-22(33-30-23)14-31-11-8-17(9-12-31)24(32)28-10-13-34-15-19-20(26)2-1-3-21(19)27/h1-7,17H,8-15H2,(H,28,32). The molecule has 0 radical (unpaired) electrons. The normalized spacial score (nSPS) is 14.9. The second kappa shape index (κ2) is 12.0. The van der Waals surface area contributed by atoms with Crippen molar-refractivity contribution in [3.63, 3.8) is 0 Å². The molecule has 1 amide bonds. The lowest BCUT2D eigenvalue weighted by Crippen LogP contribution is -2.40. The number of carbonyl (C=O) groups excluding carboxylic acids is 1. The van der Waals surface area contributed by atoms with Crippen LogP contribution in [0.2, 0.25) is 10.0 Å². The van der Waals surface area contributed by atoms with Crippen LogP contribution in [0.15, 0.2) is 47.0 Å². The summed E-state index contributed by atoms with van der Waals surface area (Å²) in [5.41, 5.74) is 1.36. The Morgan fingerprint density at radius 1 is 1.18 bits per heavy atom. The zero-order chi connectivity index (χ0) is 23.9. The second-order valence-corrected chi connectivity index (χ2v) is 10.1. The van der Waals surface area contributed by atoms with Crippen molar-refractivity contribution in [3.05, 3.63) is 69.8 Å². The van der Waals surface area contributed by atoms with E-state index < -0.39 is 0 Å². The molecule has 6 nitrogen and oxygen atoms in total. The summed E-state index contributed by atoms with van der Waals surface area (Å²) in [7, 11) is 0. The first-order valence-electron chi connectivity index (χ1n) is 11.1. The molecule has 4 rings (SSSR count). The molecular weight excluding hydrogens is 498 g/mol. The summed E-state index contributed by atoms with van der Waals surface area (Å²) < 4.78 is 19.2. The van der Waals surface area contributed by atoms with Gasteiger partial charge in [0, 0.05) is 45.1 Å². The summed E-state index contributed by atoms with van der Waals surface area (Å²) in [6, 6.07) is 12.0. The highest BCUT2D eigenvalue weighted by Crippen LogP contribution is 2.24. The molecule has 1 saturated heterocycles. The molecule has 3 aromatic rings. The van der Waals surface area contributed by atoms with Crippen molar-refractivity contribution in [2.45, 2.75) is 25.1 Å². The third kappa shape index (κ3) is 6.72. The minimum Gasteiger partial charge on any atom is -0.355 e. The first-order valence-corrected chi connectivity index (χ1v) is 13.0. The Labute approximate surface area is 212 Å². The fourth-order valence-electron chi connectivity index (χ4n) is 3.82. The average molecular weight is 523 g/mol. The van der Waals surface area contributed by atoms with Gasteiger partial charge in [0.1, 0.15) is 5.82 Å². The van der Waals surface area contributed by atoms with Gasteiger partial charge in [0.25, 0.3) is 0 Å². The van der Waals surface area contributed by atoms with Gasteiger partial charge in [0.2, 0.25) is 17.6 Å². The summed E-state index contributed by atoms with van der Waals surface area (Å²) in [5.74, 6) is 2.05. The fraction of sp³-hybridized carbons (Fsp3) is 0.375. The summed E-state index contributed by atoms with van der Waals surface area (Å²) in [4.78, 5) is 19.2. The number of thioether (sulfide) groups is 1. The molecule has 2 heterocycles. The van der Waals surface area contributed by atoms with Crippen molar-refractivity contribution >= 4 is 40.9 Å². The molecule has 1 aliphatic rings. The van der Waals surface area contributed by atoms with E-state index >= 15 is 0 Å². The van der Waals surface area contributed by atoms with Crippen LogP contribution in [0, 0.1) is 11.7 Å². The van der Waals surface area contributed by atoms with Crippen LogP contribution in [0.4, 0.5) is 4.39 Å². The lowest BCUT2D eigenvalue weighted by atomic mass is 9.96. The van der Waals surface area contributed by atoms with Crippen LogP contribution in [0.1, 0.15) is 24.3 Å². The maximum Gasteiger partial charge on any atom is 0.241 e. The first-order chi connectivity index (χ1) is 16.5. The van der Waals surface area contributed by atoms with E-state index in [0.29, 0.717) is 51.9 Å². The van der Waals surface area contributed by atoms with Gasteiger partial charge in [-0.1, -0.05) is 34.4 Å². The topological polar surface area (TPSA) is 71.3 Å². The van der Waals surface area contributed by atoms with Crippen LogP contribution in [-0.4, -0.2) is 46.3 Å². The van der Waals surface area contributed by atoms with Gasteiger partial charge >= 0.3 is 0 Å². The molecule has 1 N–H and O–H groups in total. The molecular formula is C24H25Cl2FN4O2S. The van der Waals surface area contributed by atoms with Crippen molar-refractivity contribution in [1.29, 1.82) is 0 Å². The predicted molar refractivity (Wildman–Crippen MR) is 133 cm³/mol. The minimum atomic E-state index is -0.294. The first kappa shape index (κ1) is 25.0. The minimum absolute atomic E-state index is 0.00502. The Kier molecular flexibility index (Phi) is 8.83. The Morgan fingerprint density at radius 2 is 1.94 bits per heavy atom. The molecule has 0 bridgehead atoms. The van der Waals surface area contributed by atoms with Gasteiger partial charge in [-0.2, -0.15) is 16.7 Å².